The zero-order valence-electron chi connectivity index (χ0n) is 22.7. The monoisotopic (exact) mass is 590 g/mol. The Balaban J connectivity index is 1.19. The molecule has 42 heavy (non-hydrogen) atoms. The molecule has 2 heterocycles. The van der Waals surface area contributed by atoms with Crippen LogP contribution in [-0.2, 0) is 21.4 Å². The topological polar surface area (TPSA) is 86.0 Å². The molecular formula is C33H26N4O3S2. The Hall–Kier alpha value is -4.60. The van der Waals surface area contributed by atoms with Gasteiger partial charge in [0, 0.05) is 34.0 Å². The summed E-state index contributed by atoms with van der Waals surface area (Å²) in [5.74, 6) is -0.258. The number of aromatic nitrogens is 3. The second-order valence-corrected chi connectivity index (χ2v) is 12.7. The van der Waals surface area contributed by atoms with E-state index >= 15 is 0 Å². The Morgan fingerprint density at radius 2 is 1.50 bits per heavy atom. The van der Waals surface area contributed by atoms with Gasteiger partial charge in [-0.15, -0.1) is 0 Å². The first-order valence-corrected chi connectivity index (χ1v) is 16.0. The minimum absolute atomic E-state index is 0.00861. The summed E-state index contributed by atoms with van der Waals surface area (Å²) in [5, 5.41) is 7.21. The second kappa shape index (κ2) is 10.3. The van der Waals surface area contributed by atoms with Gasteiger partial charge >= 0.3 is 0 Å². The number of carbonyl (C=O) groups excluding carboxylic acids is 1. The summed E-state index contributed by atoms with van der Waals surface area (Å²) in [6, 6.07) is 34.0. The Labute approximate surface area is 246 Å². The fourth-order valence-corrected chi connectivity index (χ4v) is 8.09. The van der Waals surface area contributed by atoms with Crippen LogP contribution < -0.4 is 5.32 Å². The van der Waals surface area contributed by atoms with Crippen LogP contribution in [0.2, 0.25) is 0 Å². The molecule has 0 saturated carbocycles. The second-order valence-electron chi connectivity index (χ2n) is 9.99. The number of thioether (sulfide) groups is 1. The number of fused-ring (bicyclic) bond motifs is 5. The van der Waals surface area contributed by atoms with Gasteiger partial charge < -0.3 is 9.88 Å². The van der Waals surface area contributed by atoms with E-state index in [2.05, 4.69) is 33.9 Å². The van der Waals surface area contributed by atoms with Crippen LogP contribution in [0, 0.1) is 0 Å². The standard InChI is InChI=1S/C33H26N4O3S2/c1-2-36-29-13-7-5-11-26(29)27-20-24(16-18-30(27)36)34-32(38)21-41-33-35-28-12-6-8-14-31(28)37(33)42(39,40)25-17-15-22-9-3-4-10-23(22)19-25/h3-20H,2,21H2,1H3,(H,34,38). The van der Waals surface area contributed by atoms with Gasteiger partial charge in [-0.1, -0.05) is 72.4 Å². The number of rotatable bonds is 7. The van der Waals surface area contributed by atoms with Gasteiger partial charge in [0.2, 0.25) is 5.91 Å². The number of hydrogen-bond acceptors (Lipinski definition) is 5. The number of imidazole rings is 1. The number of nitrogens with zero attached hydrogens (tertiary/aromatic N) is 3. The van der Waals surface area contributed by atoms with Crippen LogP contribution in [-0.4, -0.2) is 33.6 Å². The van der Waals surface area contributed by atoms with Crippen molar-refractivity contribution in [3.63, 3.8) is 0 Å². The normalized spacial score (nSPS) is 12.0. The largest absolute Gasteiger partial charge is 0.341 e. The van der Waals surface area contributed by atoms with Gasteiger partial charge in [0.25, 0.3) is 10.0 Å². The summed E-state index contributed by atoms with van der Waals surface area (Å²) in [6.45, 7) is 2.96. The molecule has 0 unspecified atom stereocenters. The molecule has 7 nitrogen and oxygen atoms in total. The highest BCUT2D eigenvalue weighted by molar-refractivity contribution is 8.00. The number of carbonyl (C=O) groups is 1. The number of anilines is 1. The smallest absolute Gasteiger partial charge is 0.270 e. The maximum absolute atomic E-state index is 14.0. The van der Waals surface area contributed by atoms with Crippen molar-refractivity contribution in [3.8, 4) is 0 Å². The molecule has 5 aromatic carbocycles. The van der Waals surface area contributed by atoms with E-state index in [-0.39, 0.29) is 21.7 Å². The lowest BCUT2D eigenvalue weighted by atomic mass is 10.1. The fourth-order valence-electron chi connectivity index (χ4n) is 5.54. The van der Waals surface area contributed by atoms with E-state index in [4.69, 9.17) is 0 Å². The highest BCUT2D eigenvalue weighted by atomic mass is 32.2. The molecular weight excluding hydrogens is 565 g/mol. The molecule has 0 aliphatic heterocycles. The van der Waals surface area contributed by atoms with Gasteiger partial charge in [-0.25, -0.2) is 17.4 Å². The summed E-state index contributed by atoms with van der Waals surface area (Å²) >= 11 is 1.10. The van der Waals surface area contributed by atoms with E-state index in [1.165, 1.54) is 3.97 Å². The highest BCUT2D eigenvalue weighted by Gasteiger charge is 2.25. The van der Waals surface area contributed by atoms with Crippen LogP contribution in [0.5, 0.6) is 0 Å². The predicted octanol–water partition coefficient (Wildman–Crippen LogP) is 7.29. The van der Waals surface area contributed by atoms with Crippen molar-refractivity contribution < 1.29 is 13.2 Å². The van der Waals surface area contributed by atoms with E-state index in [9.17, 15) is 13.2 Å². The third-order valence-corrected chi connectivity index (χ3v) is 10.2. The minimum Gasteiger partial charge on any atom is -0.341 e. The number of hydrogen-bond donors (Lipinski definition) is 1. The molecule has 0 bridgehead atoms. The molecule has 0 atom stereocenters. The molecule has 0 fully saturated rings. The Kier molecular flexibility index (Phi) is 6.48. The van der Waals surface area contributed by atoms with Crippen LogP contribution in [0.25, 0.3) is 43.6 Å². The van der Waals surface area contributed by atoms with Crippen LogP contribution >= 0.6 is 11.8 Å². The molecule has 1 amide bonds. The quantitative estimate of drug-likeness (QED) is 0.197. The average molecular weight is 591 g/mol. The van der Waals surface area contributed by atoms with Crippen molar-refractivity contribution in [2.24, 2.45) is 0 Å². The van der Waals surface area contributed by atoms with Gasteiger partial charge in [0.1, 0.15) is 0 Å². The first kappa shape index (κ1) is 26.3. The van der Waals surface area contributed by atoms with Crippen LogP contribution in [0.3, 0.4) is 0 Å². The number of para-hydroxylation sites is 3. The number of benzene rings is 5. The summed E-state index contributed by atoms with van der Waals surface area (Å²) in [7, 11) is -4.00. The molecule has 9 heteroatoms. The lowest BCUT2D eigenvalue weighted by molar-refractivity contribution is -0.113. The van der Waals surface area contributed by atoms with Crippen LogP contribution in [0.4, 0.5) is 5.69 Å². The number of aryl methyl sites for hydroxylation is 1. The van der Waals surface area contributed by atoms with Crippen molar-refractivity contribution >= 4 is 77.0 Å². The van der Waals surface area contributed by atoms with Gasteiger partial charge in [0.15, 0.2) is 5.16 Å². The Morgan fingerprint density at radius 3 is 2.33 bits per heavy atom. The predicted molar refractivity (Wildman–Crippen MR) is 171 cm³/mol. The average Bonchev–Trinajstić information content (AvgIpc) is 3.55. The molecule has 1 N–H and O–H groups in total. The summed E-state index contributed by atoms with van der Waals surface area (Å²) in [5.41, 5.74) is 3.96. The third-order valence-electron chi connectivity index (χ3n) is 7.45. The molecule has 208 valence electrons. The zero-order valence-corrected chi connectivity index (χ0v) is 24.3. The van der Waals surface area contributed by atoms with E-state index in [1.54, 1.807) is 36.4 Å². The maximum atomic E-state index is 14.0. The zero-order chi connectivity index (χ0) is 28.8. The van der Waals surface area contributed by atoms with Crippen LogP contribution in [0.15, 0.2) is 119 Å². The summed E-state index contributed by atoms with van der Waals surface area (Å²) in [4.78, 5) is 17.9. The summed E-state index contributed by atoms with van der Waals surface area (Å²) in [6.07, 6.45) is 0. The highest BCUT2D eigenvalue weighted by Crippen LogP contribution is 2.32. The molecule has 0 spiro atoms. The van der Waals surface area contributed by atoms with Crippen molar-refractivity contribution in [2.75, 3.05) is 11.1 Å². The molecule has 2 aromatic heterocycles. The first-order chi connectivity index (χ1) is 20.4. The number of nitrogens with one attached hydrogen (secondary N) is 1. The fraction of sp³-hybridized carbons (Fsp3) is 0.0909. The lowest BCUT2D eigenvalue weighted by Gasteiger charge is -2.11. The van der Waals surface area contributed by atoms with E-state index in [1.807, 2.05) is 60.7 Å². The number of amides is 1. The van der Waals surface area contributed by atoms with Crippen molar-refractivity contribution in [3.05, 3.63) is 109 Å². The van der Waals surface area contributed by atoms with E-state index < -0.39 is 10.0 Å². The van der Waals surface area contributed by atoms with Crippen molar-refractivity contribution in [2.45, 2.75) is 23.5 Å². The van der Waals surface area contributed by atoms with Gasteiger partial charge in [-0.05, 0) is 66.2 Å². The lowest BCUT2D eigenvalue weighted by Crippen LogP contribution is -2.17. The first-order valence-electron chi connectivity index (χ1n) is 13.6. The molecule has 0 aliphatic carbocycles. The van der Waals surface area contributed by atoms with Crippen molar-refractivity contribution in [1.29, 1.82) is 0 Å². The Bertz CT molecular complexity index is 2270. The molecule has 0 radical (unpaired) electrons. The maximum Gasteiger partial charge on any atom is 0.270 e. The third kappa shape index (κ3) is 4.42. The minimum atomic E-state index is -4.00. The molecule has 0 aliphatic rings. The Morgan fingerprint density at radius 1 is 0.786 bits per heavy atom. The SMILES string of the molecule is CCn1c2ccccc2c2cc(NC(=O)CSc3nc4ccccc4n3S(=O)(=O)c3ccc4ccccc4c3)ccc21. The van der Waals surface area contributed by atoms with E-state index in [0.717, 1.165) is 50.9 Å². The van der Waals surface area contributed by atoms with Gasteiger partial charge in [0.05, 0.1) is 21.7 Å². The summed E-state index contributed by atoms with van der Waals surface area (Å²) < 4.78 is 31.5. The molecule has 0 saturated heterocycles. The molecule has 7 aromatic rings. The van der Waals surface area contributed by atoms with Gasteiger partial charge in [-0.2, -0.15) is 0 Å². The van der Waals surface area contributed by atoms with Gasteiger partial charge in [-0.3, -0.25) is 4.79 Å². The van der Waals surface area contributed by atoms with Crippen molar-refractivity contribution in [1.82, 2.24) is 13.5 Å². The molecule has 7 rings (SSSR count). The van der Waals surface area contributed by atoms with E-state index in [0.29, 0.717) is 16.7 Å². The van der Waals surface area contributed by atoms with Crippen LogP contribution in [0.1, 0.15) is 6.92 Å².